The van der Waals surface area contributed by atoms with Gasteiger partial charge in [-0.2, -0.15) is 0 Å². The van der Waals surface area contributed by atoms with Crippen molar-refractivity contribution in [2.24, 2.45) is 11.3 Å². The van der Waals surface area contributed by atoms with Gasteiger partial charge in [0.25, 0.3) is 0 Å². The van der Waals surface area contributed by atoms with E-state index in [9.17, 15) is 4.79 Å². The van der Waals surface area contributed by atoms with E-state index in [1.165, 1.54) is 0 Å². The average Bonchev–Trinajstić information content (AvgIpc) is 2.68. The van der Waals surface area contributed by atoms with Gasteiger partial charge in [0.15, 0.2) is 5.78 Å². The maximum atomic E-state index is 13.4. The zero-order valence-corrected chi connectivity index (χ0v) is 19.8. The molecule has 1 aliphatic carbocycles. The van der Waals surface area contributed by atoms with E-state index in [4.69, 9.17) is 0 Å². The topological polar surface area (TPSA) is 17.1 Å². The van der Waals surface area contributed by atoms with Crippen molar-refractivity contribution in [3.63, 3.8) is 0 Å². The highest BCUT2D eigenvalue weighted by atomic mass is 79.9. The molecule has 2 aromatic rings. The van der Waals surface area contributed by atoms with Crippen molar-refractivity contribution in [1.29, 1.82) is 0 Å². The molecule has 3 rings (SSSR count). The lowest BCUT2D eigenvalue weighted by molar-refractivity contribution is -0.113. The molecule has 0 radical (unpaired) electrons. The largest absolute Gasteiger partial charge is 0.289 e. The predicted molar refractivity (Wildman–Crippen MR) is 126 cm³/mol. The minimum Gasteiger partial charge on any atom is -0.289 e. The zero-order valence-electron chi connectivity index (χ0n) is 16.6. The van der Waals surface area contributed by atoms with Crippen LogP contribution in [0.4, 0.5) is 0 Å². The number of hydrogen-bond acceptors (Lipinski definition) is 1. The second kappa shape index (κ2) is 8.92. The van der Waals surface area contributed by atoms with Crippen molar-refractivity contribution < 1.29 is 4.79 Å². The minimum atomic E-state index is 0.176. The third kappa shape index (κ3) is 4.75. The van der Waals surface area contributed by atoms with E-state index in [2.05, 4.69) is 76.9 Å². The molecule has 1 fully saturated rings. The molecule has 1 unspecified atom stereocenters. The van der Waals surface area contributed by atoms with Crippen molar-refractivity contribution in [2.45, 2.75) is 40.0 Å². The second-order valence-corrected chi connectivity index (χ2v) is 9.87. The molecule has 1 atom stereocenters. The lowest BCUT2D eigenvalue weighted by atomic mass is 9.66. The lowest BCUT2D eigenvalue weighted by Crippen LogP contribution is -2.30. The molecule has 28 heavy (non-hydrogen) atoms. The van der Waals surface area contributed by atoms with E-state index in [0.29, 0.717) is 5.92 Å². The van der Waals surface area contributed by atoms with E-state index in [-0.39, 0.29) is 11.2 Å². The fourth-order valence-corrected chi connectivity index (χ4v) is 4.44. The van der Waals surface area contributed by atoms with Crippen LogP contribution in [0.3, 0.4) is 0 Å². The summed E-state index contributed by atoms with van der Waals surface area (Å²) in [6, 6.07) is 16.2. The van der Waals surface area contributed by atoms with Gasteiger partial charge in [0.2, 0.25) is 0 Å². The average molecular weight is 502 g/mol. The van der Waals surface area contributed by atoms with Gasteiger partial charge in [-0.25, -0.2) is 0 Å². The molecule has 0 bridgehead atoms. The Morgan fingerprint density at radius 1 is 0.893 bits per heavy atom. The van der Waals surface area contributed by atoms with Crippen LogP contribution in [0.1, 0.15) is 51.2 Å². The molecule has 1 saturated carbocycles. The highest BCUT2D eigenvalue weighted by Crippen LogP contribution is 2.44. The zero-order chi connectivity index (χ0) is 20.3. The summed E-state index contributed by atoms with van der Waals surface area (Å²) < 4.78 is 2.03. The van der Waals surface area contributed by atoms with E-state index in [1.54, 1.807) is 0 Å². The maximum absolute atomic E-state index is 13.4. The third-order valence-corrected chi connectivity index (χ3v) is 7.45. The fraction of sp³-hybridized carbons (Fsp3) is 0.320. The van der Waals surface area contributed by atoms with Gasteiger partial charge >= 0.3 is 0 Å². The molecule has 0 N–H and O–H groups in total. The van der Waals surface area contributed by atoms with Crippen LogP contribution < -0.4 is 0 Å². The molecule has 0 heterocycles. The number of benzene rings is 2. The van der Waals surface area contributed by atoms with Crippen LogP contribution in [0.25, 0.3) is 12.2 Å². The van der Waals surface area contributed by atoms with E-state index in [1.807, 2.05) is 36.4 Å². The Morgan fingerprint density at radius 3 is 1.71 bits per heavy atom. The molecule has 0 saturated heterocycles. The van der Waals surface area contributed by atoms with Gasteiger partial charge in [-0.3, -0.25) is 4.79 Å². The number of carbonyl (C=O) groups is 1. The molecule has 3 heteroatoms. The standard InChI is InChI=1S/C25H26Br2O/c1-4-25(2,3)21-15-19(13-17-9-5-7-11-22(17)26)24(28)20(16-21)14-18-10-6-8-12-23(18)27/h5-14,21H,4,15-16H2,1-3H3/b19-13-,20-14+. The summed E-state index contributed by atoms with van der Waals surface area (Å²) in [5.41, 5.74) is 4.11. The quantitative estimate of drug-likeness (QED) is 0.386. The molecule has 0 spiro atoms. The van der Waals surface area contributed by atoms with Gasteiger partial charge in [-0.05, 0) is 59.6 Å². The Hall–Kier alpha value is -1.45. The Labute approximate surface area is 185 Å². The summed E-state index contributed by atoms with van der Waals surface area (Å²) in [4.78, 5) is 13.4. The van der Waals surface area contributed by atoms with Gasteiger partial charge in [-0.1, -0.05) is 95.5 Å². The molecule has 2 aromatic carbocycles. The smallest absolute Gasteiger partial charge is 0.185 e. The number of Topliss-reactive ketones (excluding diaryl/α,β-unsaturated/α-hetero) is 1. The Kier molecular flexibility index (Phi) is 6.77. The number of hydrogen-bond donors (Lipinski definition) is 0. The van der Waals surface area contributed by atoms with Gasteiger partial charge < -0.3 is 0 Å². The number of ketones is 1. The van der Waals surface area contributed by atoms with Gasteiger partial charge in [0.05, 0.1) is 0 Å². The predicted octanol–water partition coefficient (Wildman–Crippen LogP) is 8.09. The van der Waals surface area contributed by atoms with Crippen LogP contribution in [-0.4, -0.2) is 5.78 Å². The van der Waals surface area contributed by atoms with E-state index in [0.717, 1.165) is 50.5 Å². The van der Waals surface area contributed by atoms with Crippen LogP contribution in [0, 0.1) is 11.3 Å². The summed E-state index contributed by atoms with van der Waals surface area (Å²) in [6.07, 6.45) is 6.88. The van der Waals surface area contributed by atoms with Gasteiger partial charge in [0, 0.05) is 20.1 Å². The van der Waals surface area contributed by atoms with Crippen LogP contribution in [-0.2, 0) is 4.79 Å². The number of rotatable bonds is 4. The van der Waals surface area contributed by atoms with Gasteiger partial charge in [0.1, 0.15) is 0 Å². The van der Waals surface area contributed by atoms with Crippen LogP contribution in [0.5, 0.6) is 0 Å². The molecule has 0 aromatic heterocycles. The molecule has 0 amide bonds. The SMILES string of the molecule is CCC(C)(C)C1C/C(=C/c2ccccc2Br)C(=O)/C(=C/c2ccccc2Br)C1. The molecular weight excluding hydrogens is 476 g/mol. The normalized spacial score (nSPS) is 20.8. The Morgan fingerprint density at radius 2 is 1.32 bits per heavy atom. The van der Waals surface area contributed by atoms with Crippen molar-refractivity contribution in [1.82, 2.24) is 0 Å². The number of allylic oxidation sites excluding steroid dienone is 2. The Balaban J connectivity index is 2.06. The molecule has 0 aliphatic heterocycles. The van der Waals surface area contributed by atoms with Crippen molar-refractivity contribution in [2.75, 3.05) is 0 Å². The summed E-state index contributed by atoms with van der Waals surface area (Å²) >= 11 is 7.23. The first kappa shape index (κ1) is 21.3. The molecule has 146 valence electrons. The third-order valence-electron chi connectivity index (χ3n) is 6.00. The van der Waals surface area contributed by atoms with Crippen molar-refractivity contribution >= 4 is 49.8 Å². The number of halogens is 2. The lowest BCUT2D eigenvalue weighted by Gasteiger charge is -2.38. The highest BCUT2D eigenvalue weighted by Gasteiger charge is 2.36. The monoisotopic (exact) mass is 500 g/mol. The highest BCUT2D eigenvalue weighted by molar-refractivity contribution is 9.10. The maximum Gasteiger partial charge on any atom is 0.185 e. The van der Waals surface area contributed by atoms with Crippen LogP contribution in [0.2, 0.25) is 0 Å². The molecule has 1 aliphatic rings. The Bertz CT molecular complexity index is 870. The summed E-state index contributed by atoms with van der Waals surface area (Å²) in [7, 11) is 0. The summed E-state index contributed by atoms with van der Waals surface area (Å²) in [6.45, 7) is 6.88. The molecule has 1 nitrogen and oxygen atoms in total. The summed E-state index contributed by atoms with van der Waals surface area (Å²) in [5.74, 6) is 0.618. The minimum absolute atomic E-state index is 0.176. The first-order valence-electron chi connectivity index (χ1n) is 9.76. The van der Waals surface area contributed by atoms with Crippen molar-refractivity contribution in [3.05, 3.63) is 79.7 Å². The fourth-order valence-electron chi connectivity index (χ4n) is 3.64. The first-order chi connectivity index (χ1) is 13.3. The first-order valence-corrected chi connectivity index (χ1v) is 11.4. The van der Waals surface area contributed by atoms with Gasteiger partial charge in [-0.15, -0.1) is 0 Å². The van der Waals surface area contributed by atoms with E-state index >= 15 is 0 Å². The second-order valence-electron chi connectivity index (χ2n) is 8.16. The number of carbonyl (C=O) groups excluding carboxylic acids is 1. The summed E-state index contributed by atoms with van der Waals surface area (Å²) in [5, 5.41) is 0. The molecular formula is C25H26Br2O. The van der Waals surface area contributed by atoms with Crippen LogP contribution >= 0.6 is 31.9 Å². The van der Waals surface area contributed by atoms with E-state index < -0.39 is 0 Å². The van der Waals surface area contributed by atoms with Crippen molar-refractivity contribution in [3.8, 4) is 0 Å². The van der Waals surface area contributed by atoms with Crippen LogP contribution in [0.15, 0.2) is 68.6 Å².